The first-order valence-corrected chi connectivity index (χ1v) is 8.64. The van der Waals surface area contributed by atoms with Crippen molar-refractivity contribution in [1.82, 2.24) is 0 Å². The van der Waals surface area contributed by atoms with E-state index in [4.69, 9.17) is 41.8 Å². The smallest absolute Gasteiger partial charge is 0.339 e. The molecule has 0 amide bonds. The number of halogens is 2. The third-order valence-electron chi connectivity index (χ3n) is 4.43. The summed E-state index contributed by atoms with van der Waals surface area (Å²) in [5.41, 5.74) is 2.18. The molecular formula is C19H14Cl2O5. The first-order chi connectivity index (χ1) is 12.4. The highest BCUT2D eigenvalue weighted by Gasteiger charge is 2.17. The maximum atomic E-state index is 11.9. The van der Waals surface area contributed by atoms with E-state index in [0.717, 1.165) is 16.5 Å². The Morgan fingerprint density at radius 1 is 1.00 bits per heavy atom. The van der Waals surface area contributed by atoms with Gasteiger partial charge in [0.25, 0.3) is 0 Å². The molecule has 0 unspecified atom stereocenters. The Morgan fingerprint density at radius 3 is 2.50 bits per heavy atom. The minimum Gasteiger partial charge on any atom is -0.487 e. The van der Waals surface area contributed by atoms with E-state index in [1.807, 2.05) is 6.92 Å². The van der Waals surface area contributed by atoms with Crippen LogP contribution >= 0.6 is 23.2 Å². The summed E-state index contributed by atoms with van der Waals surface area (Å²) in [6, 6.07) is 6.81. The molecule has 5 nitrogen and oxygen atoms in total. The summed E-state index contributed by atoms with van der Waals surface area (Å²) >= 11 is 12.6. The Hall–Kier alpha value is -2.37. The van der Waals surface area contributed by atoms with Crippen molar-refractivity contribution >= 4 is 34.2 Å². The fourth-order valence-electron chi connectivity index (χ4n) is 2.78. The van der Waals surface area contributed by atoms with Gasteiger partial charge < -0.3 is 18.6 Å². The van der Waals surface area contributed by atoms with Crippen LogP contribution in [0.2, 0.25) is 10.0 Å². The first kappa shape index (κ1) is 17.1. The number of hydrogen-bond acceptors (Lipinski definition) is 5. The number of benzene rings is 2. The second kappa shape index (κ2) is 6.41. The molecule has 0 radical (unpaired) electrons. The van der Waals surface area contributed by atoms with Crippen LogP contribution in [0.4, 0.5) is 0 Å². The maximum Gasteiger partial charge on any atom is 0.339 e. The summed E-state index contributed by atoms with van der Waals surface area (Å²) in [6.45, 7) is 3.93. The molecule has 0 saturated heterocycles. The molecule has 1 aliphatic rings. The molecule has 0 N–H and O–H groups in total. The van der Waals surface area contributed by atoms with Gasteiger partial charge in [-0.15, -0.1) is 0 Å². The molecule has 26 heavy (non-hydrogen) atoms. The monoisotopic (exact) mass is 392 g/mol. The fourth-order valence-corrected chi connectivity index (χ4v) is 3.21. The van der Waals surface area contributed by atoms with Crippen LogP contribution in [0, 0.1) is 13.8 Å². The summed E-state index contributed by atoms with van der Waals surface area (Å²) in [5.74, 6) is 1.63. The van der Waals surface area contributed by atoms with Gasteiger partial charge in [-0.05, 0) is 31.5 Å². The zero-order valence-corrected chi connectivity index (χ0v) is 15.5. The van der Waals surface area contributed by atoms with Gasteiger partial charge in [0.05, 0.1) is 10.0 Å². The average molecular weight is 393 g/mol. The summed E-state index contributed by atoms with van der Waals surface area (Å²) in [5, 5.41) is 1.70. The summed E-state index contributed by atoms with van der Waals surface area (Å²) in [6.07, 6.45) is 0. The predicted octanol–water partition coefficient (Wildman–Crippen LogP) is 5.02. The standard InChI is InChI=1S/C19H14Cl2O5/c1-9-10(2)19(22)26-15-6-16(14(21)4-12(9)15)23-7-11-3-17-18(5-13(11)20)25-8-24-17/h3-6H,7-8H2,1-2H3. The van der Waals surface area contributed by atoms with E-state index < -0.39 is 0 Å². The van der Waals surface area contributed by atoms with Gasteiger partial charge in [-0.1, -0.05) is 23.2 Å². The lowest BCUT2D eigenvalue weighted by Crippen LogP contribution is -2.06. The largest absolute Gasteiger partial charge is 0.487 e. The minimum atomic E-state index is -0.373. The predicted molar refractivity (Wildman–Crippen MR) is 98.9 cm³/mol. The van der Waals surface area contributed by atoms with E-state index in [-0.39, 0.29) is 19.0 Å². The number of hydrogen-bond donors (Lipinski definition) is 0. The number of fused-ring (bicyclic) bond motifs is 2. The third kappa shape index (κ3) is 2.87. The van der Waals surface area contributed by atoms with Crippen molar-refractivity contribution in [2.45, 2.75) is 20.5 Å². The lowest BCUT2D eigenvalue weighted by atomic mass is 10.1. The van der Waals surface area contributed by atoms with Crippen LogP contribution in [0.1, 0.15) is 16.7 Å². The Morgan fingerprint density at radius 2 is 1.73 bits per heavy atom. The van der Waals surface area contributed by atoms with Crippen molar-refractivity contribution < 1.29 is 18.6 Å². The van der Waals surface area contributed by atoms with E-state index in [9.17, 15) is 4.79 Å². The zero-order chi connectivity index (χ0) is 18.4. The van der Waals surface area contributed by atoms with Crippen LogP contribution < -0.4 is 19.8 Å². The van der Waals surface area contributed by atoms with Crippen LogP contribution in [0.25, 0.3) is 11.0 Å². The first-order valence-electron chi connectivity index (χ1n) is 7.88. The van der Waals surface area contributed by atoms with Crippen LogP contribution in [-0.4, -0.2) is 6.79 Å². The molecule has 3 aromatic rings. The second-order valence-corrected chi connectivity index (χ2v) is 6.82. The highest BCUT2D eigenvalue weighted by molar-refractivity contribution is 6.33. The van der Waals surface area contributed by atoms with E-state index in [2.05, 4.69) is 0 Å². The molecule has 0 fully saturated rings. The van der Waals surface area contributed by atoms with Gasteiger partial charge in [0, 0.05) is 28.6 Å². The Kier molecular flexibility index (Phi) is 4.21. The molecule has 0 atom stereocenters. The second-order valence-electron chi connectivity index (χ2n) is 6.00. The quantitative estimate of drug-likeness (QED) is 0.585. The van der Waals surface area contributed by atoms with Gasteiger partial charge in [0.2, 0.25) is 6.79 Å². The normalized spacial score (nSPS) is 12.6. The Labute approximate surface area is 159 Å². The summed E-state index contributed by atoms with van der Waals surface area (Å²) in [7, 11) is 0. The lowest BCUT2D eigenvalue weighted by molar-refractivity contribution is 0.174. The molecule has 7 heteroatoms. The molecule has 134 valence electrons. The van der Waals surface area contributed by atoms with E-state index in [0.29, 0.717) is 38.4 Å². The minimum absolute atomic E-state index is 0.171. The summed E-state index contributed by atoms with van der Waals surface area (Å²) in [4.78, 5) is 11.9. The van der Waals surface area contributed by atoms with Crippen molar-refractivity contribution in [3.63, 3.8) is 0 Å². The zero-order valence-electron chi connectivity index (χ0n) is 14.0. The fraction of sp³-hybridized carbons (Fsp3) is 0.211. The molecule has 0 aliphatic carbocycles. The molecular weight excluding hydrogens is 379 g/mol. The average Bonchev–Trinajstić information content (AvgIpc) is 3.06. The highest BCUT2D eigenvalue weighted by Crippen LogP contribution is 2.38. The van der Waals surface area contributed by atoms with Crippen molar-refractivity contribution in [1.29, 1.82) is 0 Å². The molecule has 1 aromatic heterocycles. The van der Waals surface area contributed by atoms with Crippen molar-refractivity contribution in [2.24, 2.45) is 0 Å². The molecule has 4 rings (SSSR count). The molecule has 1 aliphatic heterocycles. The highest BCUT2D eigenvalue weighted by atomic mass is 35.5. The van der Waals surface area contributed by atoms with Gasteiger partial charge >= 0.3 is 5.63 Å². The van der Waals surface area contributed by atoms with Crippen LogP contribution in [0.3, 0.4) is 0 Å². The third-order valence-corrected chi connectivity index (χ3v) is 5.08. The molecule has 0 saturated carbocycles. The SMILES string of the molecule is Cc1c(C)c2cc(Cl)c(OCc3cc4c(cc3Cl)OCO4)cc2oc1=O. The number of aryl methyl sites for hydroxylation is 1. The van der Waals surface area contributed by atoms with Gasteiger partial charge in [-0.25, -0.2) is 4.79 Å². The molecule has 2 heterocycles. The van der Waals surface area contributed by atoms with Gasteiger partial charge in [0.1, 0.15) is 17.9 Å². The summed E-state index contributed by atoms with van der Waals surface area (Å²) < 4.78 is 21.8. The molecule has 0 bridgehead atoms. The number of ether oxygens (including phenoxy) is 3. The van der Waals surface area contributed by atoms with Gasteiger partial charge in [-0.2, -0.15) is 0 Å². The van der Waals surface area contributed by atoms with Gasteiger partial charge in [-0.3, -0.25) is 0 Å². The van der Waals surface area contributed by atoms with Gasteiger partial charge in [0.15, 0.2) is 11.5 Å². The lowest BCUT2D eigenvalue weighted by Gasteiger charge is -2.12. The molecule has 0 spiro atoms. The van der Waals surface area contributed by atoms with Crippen molar-refractivity contribution in [2.75, 3.05) is 6.79 Å². The number of rotatable bonds is 3. The van der Waals surface area contributed by atoms with E-state index >= 15 is 0 Å². The van der Waals surface area contributed by atoms with Crippen LogP contribution in [-0.2, 0) is 6.61 Å². The topological polar surface area (TPSA) is 57.9 Å². The van der Waals surface area contributed by atoms with Crippen molar-refractivity contribution in [3.8, 4) is 17.2 Å². The van der Waals surface area contributed by atoms with E-state index in [1.54, 1.807) is 31.2 Å². The van der Waals surface area contributed by atoms with Crippen LogP contribution in [0.15, 0.2) is 33.5 Å². The molecule has 2 aromatic carbocycles. The van der Waals surface area contributed by atoms with Crippen LogP contribution in [0.5, 0.6) is 17.2 Å². The van der Waals surface area contributed by atoms with Crippen molar-refractivity contribution in [3.05, 3.63) is 61.4 Å². The Balaban J connectivity index is 1.67. The van der Waals surface area contributed by atoms with E-state index in [1.165, 1.54) is 0 Å². The Bertz CT molecular complexity index is 1090. The maximum absolute atomic E-state index is 11.9.